The average Bonchev–Trinajstić information content (AvgIpc) is 3.06. The first kappa shape index (κ1) is 12.1. The third-order valence-electron chi connectivity index (χ3n) is 2.35. The molecular formula is C8H7N7O2S2. The van der Waals surface area contributed by atoms with Gasteiger partial charge in [-0.2, -0.15) is 14.0 Å². The summed E-state index contributed by atoms with van der Waals surface area (Å²) in [4.78, 5) is 0.0854. The molecule has 0 radical (unpaired) electrons. The van der Waals surface area contributed by atoms with Crippen LogP contribution in [0.25, 0.3) is 11.0 Å². The fourth-order valence-corrected chi connectivity index (χ4v) is 3.24. The number of aromatic amines is 1. The summed E-state index contributed by atoms with van der Waals surface area (Å²) in [7, 11) is -3.70. The monoisotopic (exact) mass is 297 g/mol. The fourth-order valence-electron chi connectivity index (χ4n) is 1.49. The molecule has 0 saturated heterocycles. The van der Waals surface area contributed by atoms with E-state index in [1.54, 1.807) is 12.1 Å². The first-order valence-corrected chi connectivity index (χ1v) is 7.31. The molecule has 0 fully saturated rings. The molecule has 98 valence electrons. The average molecular weight is 297 g/mol. The third-order valence-corrected chi connectivity index (χ3v) is 4.32. The minimum atomic E-state index is -3.70. The van der Waals surface area contributed by atoms with Crippen molar-refractivity contribution in [1.82, 2.24) is 34.1 Å². The molecular weight excluding hydrogens is 290 g/mol. The molecule has 2 aromatic heterocycles. The van der Waals surface area contributed by atoms with Gasteiger partial charge in [0.05, 0.1) is 18.3 Å². The van der Waals surface area contributed by atoms with Gasteiger partial charge in [-0.05, 0) is 12.1 Å². The Hall–Kier alpha value is -1.98. The van der Waals surface area contributed by atoms with E-state index in [-0.39, 0.29) is 17.3 Å². The summed E-state index contributed by atoms with van der Waals surface area (Å²) in [6.45, 7) is -0.0488. The molecule has 0 spiro atoms. The van der Waals surface area contributed by atoms with Gasteiger partial charge in [0.1, 0.15) is 15.9 Å². The molecule has 0 amide bonds. The van der Waals surface area contributed by atoms with Crippen LogP contribution in [-0.2, 0) is 16.6 Å². The number of fused-ring (bicyclic) bond motifs is 1. The van der Waals surface area contributed by atoms with Crippen molar-refractivity contribution < 1.29 is 8.42 Å². The number of benzene rings is 1. The van der Waals surface area contributed by atoms with Crippen LogP contribution in [0.3, 0.4) is 0 Å². The predicted molar refractivity (Wildman–Crippen MR) is 65.6 cm³/mol. The molecule has 2 heterocycles. The molecule has 2 N–H and O–H groups in total. The first-order valence-electron chi connectivity index (χ1n) is 5.10. The molecule has 11 heteroatoms. The largest absolute Gasteiger partial charge is 0.243 e. The van der Waals surface area contributed by atoms with Gasteiger partial charge in [-0.25, -0.2) is 13.1 Å². The van der Waals surface area contributed by atoms with Crippen molar-refractivity contribution in [2.45, 2.75) is 11.4 Å². The van der Waals surface area contributed by atoms with Crippen LogP contribution in [0.2, 0.25) is 0 Å². The number of nitrogens with zero attached hydrogens (tertiary/aromatic N) is 5. The van der Waals surface area contributed by atoms with Gasteiger partial charge >= 0.3 is 0 Å². The number of sulfonamides is 1. The minimum absolute atomic E-state index is 0.0488. The second kappa shape index (κ2) is 4.60. The first-order chi connectivity index (χ1) is 9.17. The van der Waals surface area contributed by atoms with Crippen LogP contribution in [-0.4, -0.2) is 37.8 Å². The number of tetrazole rings is 1. The molecule has 9 nitrogen and oxygen atoms in total. The molecule has 19 heavy (non-hydrogen) atoms. The van der Waals surface area contributed by atoms with Crippen molar-refractivity contribution in [3.05, 3.63) is 24.0 Å². The quantitative estimate of drug-likeness (QED) is 0.675. The molecule has 0 unspecified atom stereocenters. The van der Waals surface area contributed by atoms with Gasteiger partial charge in [-0.3, -0.25) is 0 Å². The van der Waals surface area contributed by atoms with Crippen molar-refractivity contribution in [1.29, 1.82) is 0 Å². The lowest BCUT2D eigenvalue weighted by Gasteiger charge is -2.04. The Balaban J connectivity index is 1.93. The topological polar surface area (TPSA) is 126 Å². The highest BCUT2D eigenvalue weighted by molar-refractivity contribution is 7.89. The Morgan fingerprint density at radius 2 is 2.21 bits per heavy atom. The standard InChI is InChI=1S/C8H7N7O2S2/c16-19(17,9-4-7-10-14-15-11-7)6-3-1-2-5-8(6)13-18-12-5/h1-3,9H,4H2,(H,10,11,14,15). The maximum absolute atomic E-state index is 12.2. The molecule has 0 atom stereocenters. The van der Waals surface area contributed by atoms with Crippen molar-refractivity contribution in [2.75, 3.05) is 0 Å². The second-order valence-corrected chi connectivity index (χ2v) is 5.80. The van der Waals surface area contributed by atoms with Crippen LogP contribution in [0.5, 0.6) is 0 Å². The highest BCUT2D eigenvalue weighted by Gasteiger charge is 2.19. The van der Waals surface area contributed by atoms with E-state index in [1.165, 1.54) is 6.07 Å². The van der Waals surface area contributed by atoms with E-state index in [9.17, 15) is 8.42 Å². The maximum atomic E-state index is 12.2. The third kappa shape index (κ3) is 2.30. The fraction of sp³-hybridized carbons (Fsp3) is 0.125. The minimum Gasteiger partial charge on any atom is -0.207 e. The Kier molecular flexibility index (Phi) is 2.93. The van der Waals surface area contributed by atoms with E-state index in [0.29, 0.717) is 11.0 Å². The molecule has 1 aromatic carbocycles. The smallest absolute Gasteiger partial charge is 0.207 e. The summed E-state index contributed by atoms with van der Waals surface area (Å²) in [5, 5.41) is 12.9. The summed E-state index contributed by atoms with van der Waals surface area (Å²) < 4.78 is 34.7. The second-order valence-electron chi connectivity index (χ2n) is 3.54. The summed E-state index contributed by atoms with van der Waals surface area (Å²) in [6.07, 6.45) is 0. The van der Waals surface area contributed by atoms with Gasteiger partial charge in [0.25, 0.3) is 0 Å². The summed E-state index contributed by atoms with van der Waals surface area (Å²) in [5.41, 5.74) is 0.903. The van der Waals surface area contributed by atoms with E-state index in [0.717, 1.165) is 11.7 Å². The number of aromatic nitrogens is 6. The number of H-pyrrole nitrogens is 1. The Labute approximate surface area is 111 Å². The van der Waals surface area contributed by atoms with E-state index in [1.807, 2.05) is 0 Å². The normalized spacial score (nSPS) is 12.0. The van der Waals surface area contributed by atoms with Crippen LogP contribution < -0.4 is 4.72 Å². The zero-order chi connectivity index (χ0) is 13.3. The maximum Gasteiger partial charge on any atom is 0.243 e. The van der Waals surface area contributed by atoms with E-state index in [2.05, 4.69) is 34.1 Å². The molecule has 0 bridgehead atoms. The zero-order valence-electron chi connectivity index (χ0n) is 9.31. The van der Waals surface area contributed by atoms with Crippen LogP contribution in [0, 0.1) is 0 Å². The molecule has 0 saturated carbocycles. The van der Waals surface area contributed by atoms with Crippen molar-refractivity contribution >= 4 is 32.8 Å². The number of nitrogens with one attached hydrogen (secondary N) is 2. The van der Waals surface area contributed by atoms with Crippen molar-refractivity contribution in [2.24, 2.45) is 0 Å². The van der Waals surface area contributed by atoms with Gasteiger partial charge in [0, 0.05) is 0 Å². The van der Waals surface area contributed by atoms with Gasteiger partial charge in [0.15, 0.2) is 5.82 Å². The SMILES string of the molecule is O=S(=O)(NCc1nn[nH]n1)c1cccc2nsnc12. The molecule has 0 aliphatic rings. The van der Waals surface area contributed by atoms with Crippen molar-refractivity contribution in [3.8, 4) is 0 Å². The van der Waals surface area contributed by atoms with Crippen LogP contribution in [0.1, 0.15) is 5.82 Å². The number of hydrogen-bond donors (Lipinski definition) is 2. The van der Waals surface area contributed by atoms with Gasteiger partial charge in [0.2, 0.25) is 10.0 Å². The summed E-state index contributed by atoms with van der Waals surface area (Å²) in [6, 6.07) is 4.80. The molecule has 3 rings (SSSR count). The molecule has 0 aliphatic carbocycles. The number of rotatable bonds is 4. The summed E-state index contributed by atoms with van der Waals surface area (Å²) >= 11 is 0.967. The lowest BCUT2D eigenvalue weighted by molar-refractivity contribution is 0.580. The highest BCUT2D eigenvalue weighted by Crippen LogP contribution is 2.20. The Morgan fingerprint density at radius 3 is 3.00 bits per heavy atom. The van der Waals surface area contributed by atoms with Gasteiger partial charge in [-0.15, -0.1) is 10.2 Å². The molecule has 3 aromatic rings. The van der Waals surface area contributed by atoms with Gasteiger partial charge in [-0.1, -0.05) is 11.3 Å². The molecule has 0 aliphatic heterocycles. The van der Waals surface area contributed by atoms with E-state index < -0.39 is 10.0 Å². The van der Waals surface area contributed by atoms with Crippen LogP contribution in [0.4, 0.5) is 0 Å². The van der Waals surface area contributed by atoms with Crippen molar-refractivity contribution in [3.63, 3.8) is 0 Å². The zero-order valence-corrected chi connectivity index (χ0v) is 10.9. The van der Waals surface area contributed by atoms with Gasteiger partial charge < -0.3 is 0 Å². The highest BCUT2D eigenvalue weighted by atomic mass is 32.2. The van der Waals surface area contributed by atoms with E-state index >= 15 is 0 Å². The van der Waals surface area contributed by atoms with Crippen LogP contribution in [0.15, 0.2) is 23.1 Å². The Morgan fingerprint density at radius 1 is 1.32 bits per heavy atom. The lowest BCUT2D eigenvalue weighted by atomic mass is 10.3. The van der Waals surface area contributed by atoms with Crippen LogP contribution >= 0.6 is 11.7 Å². The lowest BCUT2D eigenvalue weighted by Crippen LogP contribution is -2.24. The number of hydrogen-bond acceptors (Lipinski definition) is 8. The summed E-state index contributed by atoms with van der Waals surface area (Å²) in [5.74, 6) is 0.257. The predicted octanol–water partition coefficient (Wildman–Crippen LogP) is -0.317. The Bertz CT molecular complexity index is 795. The van der Waals surface area contributed by atoms with E-state index in [4.69, 9.17) is 0 Å².